The van der Waals surface area contributed by atoms with Gasteiger partial charge in [-0.25, -0.2) is 0 Å². The molecular formula is C5H8NP. The van der Waals surface area contributed by atoms with Gasteiger partial charge in [0.2, 0.25) is 0 Å². The van der Waals surface area contributed by atoms with Crippen LogP contribution in [0.25, 0.3) is 0 Å². The van der Waals surface area contributed by atoms with Crippen LogP contribution in [0.5, 0.6) is 0 Å². The van der Waals surface area contributed by atoms with Crippen molar-refractivity contribution in [3.05, 3.63) is 17.4 Å². The number of nitrogens with zero attached hydrogens (tertiary/aromatic N) is 1. The van der Waals surface area contributed by atoms with Crippen LogP contribution in [0.2, 0.25) is 0 Å². The van der Waals surface area contributed by atoms with Crippen molar-refractivity contribution in [3.8, 4) is 0 Å². The maximum absolute atomic E-state index is 3.99. The predicted molar refractivity (Wildman–Crippen MR) is 32.7 cm³/mol. The van der Waals surface area contributed by atoms with Gasteiger partial charge in [0.1, 0.15) is 0 Å². The van der Waals surface area contributed by atoms with E-state index < -0.39 is 0 Å². The average Bonchev–Trinajstić information content (AvgIpc) is 1.91. The summed E-state index contributed by atoms with van der Waals surface area (Å²) in [5.74, 6) is 2.02. The van der Waals surface area contributed by atoms with Gasteiger partial charge in [-0.3, -0.25) is 4.98 Å². The zero-order valence-corrected chi connectivity index (χ0v) is 5.44. The molecule has 1 nitrogen and oxygen atoms in total. The van der Waals surface area contributed by atoms with E-state index in [1.54, 1.807) is 0 Å². The van der Waals surface area contributed by atoms with E-state index in [4.69, 9.17) is 0 Å². The van der Waals surface area contributed by atoms with Crippen LogP contribution >= 0.6 is 7.53 Å². The van der Waals surface area contributed by atoms with Gasteiger partial charge >= 0.3 is 0 Å². The molecule has 0 saturated heterocycles. The Labute approximate surface area is 44.5 Å². The van der Waals surface area contributed by atoms with Crippen LogP contribution in [0.4, 0.5) is 0 Å². The summed E-state index contributed by atoms with van der Waals surface area (Å²) in [7, 11) is 0.0432. The number of rotatable bonds is 0. The summed E-state index contributed by atoms with van der Waals surface area (Å²) in [6, 6.07) is 0. The van der Waals surface area contributed by atoms with Crippen molar-refractivity contribution in [2.75, 3.05) is 0 Å². The lowest BCUT2D eigenvalue weighted by Gasteiger charge is -1.80. The lowest BCUT2D eigenvalue weighted by atomic mass is 10.7. The highest BCUT2D eigenvalue weighted by molar-refractivity contribution is 7.47. The number of hydrogen-bond acceptors (Lipinski definition) is 1. The smallest absolute Gasteiger partial charge is 0.0458 e. The van der Waals surface area contributed by atoms with Crippen LogP contribution in [0.3, 0.4) is 0 Å². The first kappa shape index (κ1) is 4.86. The molecular weight excluding hydrogens is 105 g/mol. The molecule has 0 fully saturated rings. The van der Waals surface area contributed by atoms with Gasteiger partial charge < -0.3 is 0 Å². The van der Waals surface area contributed by atoms with Gasteiger partial charge in [0.05, 0.1) is 0 Å². The summed E-state index contributed by atoms with van der Waals surface area (Å²) < 4.78 is 0. The molecule has 0 amide bonds. The van der Waals surface area contributed by atoms with E-state index in [1.165, 1.54) is 5.30 Å². The van der Waals surface area contributed by atoms with Gasteiger partial charge in [0.15, 0.2) is 0 Å². The van der Waals surface area contributed by atoms with E-state index in [0.717, 1.165) is 0 Å². The summed E-state index contributed by atoms with van der Waals surface area (Å²) in [4.78, 5) is 3.99. The third-order valence-corrected chi connectivity index (χ3v) is 2.77. The van der Waals surface area contributed by atoms with Gasteiger partial charge in [0.25, 0.3) is 0 Å². The molecule has 1 aromatic rings. The molecule has 38 valence electrons. The molecule has 1 unspecified atom stereocenters. The zero-order valence-electron chi connectivity index (χ0n) is 4.55. The standard InChI is InChI=1S/C5H8NP/c1-5-3-6-4-7(5)2/h3-4H,1-2H3. The van der Waals surface area contributed by atoms with Crippen LogP contribution in [0, 0.1) is 6.92 Å². The van der Waals surface area contributed by atoms with Crippen molar-refractivity contribution in [1.82, 2.24) is 4.98 Å². The molecule has 0 spiro atoms. The van der Waals surface area contributed by atoms with Crippen LogP contribution in [-0.2, 0) is 6.66 Å². The normalized spacial score (nSPS) is 12.0. The third kappa shape index (κ3) is 0.834. The SMILES string of the molecule is Cc1cncp1C. The minimum Gasteiger partial charge on any atom is -0.260 e. The molecule has 0 bridgehead atoms. The molecule has 0 aliphatic carbocycles. The zero-order chi connectivity index (χ0) is 5.28. The highest BCUT2D eigenvalue weighted by Gasteiger charge is 1.86. The number of hydrogen-bond donors (Lipinski definition) is 0. The lowest BCUT2D eigenvalue weighted by molar-refractivity contribution is 1.39. The second-order valence-electron chi connectivity index (χ2n) is 1.65. The predicted octanol–water partition coefficient (Wildman–Crippen LogP) is 1.91. The molecule has 0 N–H and O–H groups in total. The fourth-order valence-electron chi connectivity index (χ4n) is 0.423. The first-order valence-electron chi connectivity index (χ1n) is 2.23. The molecule has 0 aliphatic heterocycles. The summed E-state index contributed by atoms with van der Waals surface area (Å²) in [6.45, 7) is 4.33. The van der Waals surface area contributed by atoms with Gasteiger partial charge in [0, 0.05) is 12.1 Å². The fourth-order valence-corrected chi connectivity index (χ4v) is 1.12. The molecule has 0 aromatic carbocycles. The topological polar surface area (TPSA) is 12.9 Å². The second kappa shape index (κ2) is 1.67. The minimum atomic E-state index is 0.0432. The quantitative estimate of drug-likeness (QED) is 0.500. The molecule has 0 aliphatic rings. The van der Waals surface area contributed by atoms with Crippen LogP contribution in [0.1, 0.15) is 5.30 Å². The first-order chi connectivity index (χ1) is 3.30. The van der Waals surface area contributed by atoms with Crippen molar-refractivity contribution in [1.29, 1.82) is 0 Å². The Balaban J connectivity index is 3.12. The Kier molecular flexibility index (Phi) is 1.16. The van der Waals surface area contributed by atoms with E-state index in [0.29, 0.717) is 0 Å². The first-order valence-corrected chi connectivity index (χ1v) is 4.09. The Hall–Kier alpha value is -0.290. The number of aromatic nitrogens is 1. The van der Waals surface area contributed by atoms with Crippen molar-refractivity contribution in [2.45, 2.75) is 6.92 Å². The van der Waals surface area contributed by atoms with Gasteiger partial charge in [-0.05, 0) is 18.9 Å². The van der Waals surface area contributed by atoms with Crippen molar-refractivity contribution in [3.63, 3.8) is 0 Å². The van der Waals surface area contributed by atoms with Gasteiger partial charge in [-0.1, -0.05) is 0 Å². The molecule has 1 rings (SSSR count). The molecule has 0 saturated carbocycles. The highest BCUT2D eigenvalue weighted by atomic mass is 31.1. The fraction of sp³-hybridized carbons (Fsp3) is 0.400. The van der Waals surface area contributed by atoms with E-state index in [-0.39, 0.29) is 7.53 Å². The van der Waals surface area contributed by atoms with Crippen LogP contribution in [0.15, 0.2) is 12.1 Å². The summed E-state index contributed by atoms with van der Waals surface area (Å²) in [5, 5.41) is 1.43. The summed E-state index contributed by atoms with van der Waals surface area (Å²) in [6.07, 6.45) is 1.94. The van der Waals surface area contributed by atoms with E-state index in [1.807, 2.05) is 12.1 Å². The van der Waals surface area contributed by atoms with Crippen LogP contribution < -0.4 is 0 Å². The Morgan fingerprint density at radius 1 is 1.71 bits per heavy atom. The number of aryl methyl sites for hydroxylation is 2. The van der Waals surface area contributed by atoms with E-state index >= 15 is 0 Å². The van der Waals surface area contributed by atoms with Gasteiger partial charge in [-0.2, -0.15) is 0 Å². The molecule has 1 atom stereocenters. The second-order valence-corrected chi connectivity index (χ2v) is 3.80. The van der Waals surface area contributed by atoms with E-state index in [2.05, 4.69) is 18.6 Å². The van der Waals surface area contributed by atoms with Crippen LogP contribution in [-0.4, -0.2) is 4.98 Å². The summed E-state index contributed by atoms with van der Waals surface area (Å²) >= 11 is 0. The van der Waals surface area contributed by atoms with Crippen molar-refractivity contribution in [2.24, 2.45) is 6.66 Å². The molecule has 7 heavy (non-hydrogen) atoms. The average molecular weight is 113 g/mol. The minimum absolute atomic E-state index is 0.0432. The lowest BCUT2D eigenvalue weighted by Crippen LogP contribution is -1.51. The van der Waals surface area contributed by atoms with Crippen molar-refractivity contribution < 1.29 is 0 Å². The van der Waals surface area contributed by atoms with Crippen molar-refractivity contribution >= 4 is 7.53 Å². The van der Waals surface area contributed by atoms with E-state index in [9.17, 15) is 0 Å². The summed E-state index contributed by atoms with van der Waals surface area (Å²) in [5.41, 5.74) is 0. The Bertz CT molecular complexity index is 140. The van der Waals surface area contributed by atoms with Gasteiger partial charge in [-0.15, -0.1) is 7.53 Å². The maximum Gasteiger partial charge on any atom is 0.0458 e. The molecule has 2 heteroatoms. The molecule has 0 radical (unpaired) electrons. The third-order valence-electron chi connectivity index (χ3n) is 1.06. The largest absolute Gasteiger partial charge is 0.260 e. The monoisotopic (exact) mass is 113 g/mol. The molecule has 1 aromatic heterocycles. The Morgan fingerprint density at radius 3 is 2.57 bits per heavy atom. The molecule has 1 heterocycles. The highest BCUT2D eigenvalue weighted by Crippen LogP contribution is 2.25. The maximum atomic E-state index is 3.99. The Morgan fingerprint density at radius 2 is 2.43 bits per heavy atom.